The Kier molecular flexibility index (Phi) is 15.6. The smallest absolute Gasteiger partial charge is 0.411 e. The number of pyridine rings is 1. The van der Waals surface area contributed by atoms with E-state index in [4.69, 9.17) is 4.74 Å². The van der Waals surface area contributed by atoms with Gasteiger partial charge in [-0.15, -0.1) is 0 Å². The molecule has 1 unspecified atom stereocenters. The summed E-state index contributed by atoms with van der Waals surface area (Å²) in [4.78, 5) is 57.2. The molecule has 0 radical (unpaired) electrons. The highest BCUT2D eigenvalue weighted by atomic mass is 16.6. The number of phenolic OH excluding ortho intramolecular Hbond substituents is 1. The molecule has 12 nitrogen and oxygen atoms in total. The first-order valence-corrected chi connectivity index (χ1v) is 22.2. The summed E-state index contributed by atoms with van der Waals surface area (Å²) in [7, 11) is 1.78. The number of aromatic amines is 1. The molecular formula is C52H58N6O6. The van der Waals surface area contributed by atoms with Crippen LogP contribution >= 0.6 is 0 Å². The standard InChI is InChI=1S/C52H58N6O6/c1-36(53-29-25-41-18-22-47(59)51-45(41)21-24-49(61)56-51)33-39-10-8-9-37(34-39)17-23-48(60)54-35-38-15-19-42(20-16-38)57(2)50(62)28-32-58-30-26-43(27-31-58)64-52(63)55-46-14-7-6-13-44(46)40-11-4-3-5-12-40/h3-16,18-22,24,34,36,43,53,59H,17,23,25-33,35H2,1-2H3,(H,54,60)(H,55,63)(H,56,61). The van der Waals surface area contributed by atoms with Crippen molar-refractivity contribution in [3.05, 3.63) is 160 Å². The van der Waals surface area contributed by atoms with E-state index in [2.05, 4.69) is 51.0 Å². The number of carbonyl (C=O) groups is 3. The third-order valence-electron chi connectivity index (χ3n) is 11.9. The van der Waals surface area contributed by atoms with E-state index in [1.165, 1.54) is 11.6 Å². The van der Waals surface area contributed by atoms with Gasteiger partial charge in [0.15, 0.2) is 0 Å². The molecule has 0 saturated carbocycles. The van der Waals surface area contributed by atoms with Gasteiger partial charge >= 0.3 is 6.09 Å². The Labute approximate surface area is 374 Å². The molecule has 0 spiro atoms. The largest absolute Gasteiger partial charge is 0.506 e. The van der Waals surface area contributed by atoms with Gasteiger partial charge in [0.25, 0.3) is 0 Å². The summed E-state index contributed by atoms with van der Waals surface area (Å²) in [5.74, 6) is 0.0626. The Balaban J connectivity index is 0.768. The van der Waals surface area contributed by atoms with E-state index in [1.54, 1.807) is 24.1 Å². The molecule has 1 saturated heterocycles. The summed E-state index contributed by atoms with van der Waals surface area (Å²) in [5, 5.41) is 20.6. The van der Waals surface area contributed by atoms with Crippen molar-refractivity contribution in [2.24, 2.45) is 0 Å². The van der Waals surface area contributed by atoms with E-state index in [-0.39, 0.29) is 35.3 Å². The predicted molar refractivity (Wildman–Crippen MR) is 254 cm³/mol. The average Bonchev–Trinajstić information content (AvgIpc) is 3.31. The molecule has 5 N–H and O–H groups in total. The summed E-state index contributed by atoms with van der Waals surface area (Å²) >= 11 is 0. The molecule has 64 heavy (non-hydrogen) atoms. The molecule has 12 heteroatoms. The Morgan fingerprint density at radius 2 is 1.58 bits per heavy atom. The van der Waals surface area contributed by atoms with Gasteiger partial charge in [-0.2, -0.15) is 0 Å². The summed E-state index contributed by atoms with van der Waals surface area (Å²) < 4.78 is 5.78. The van der Waals surface area contributed by atoms with Gasteiger partial charge in [-0.05, 0) is 104 Å². The quantitative estimate of drug-likeness (QED) is 0.0583. The predicted octanol–water partition coefficient (Wildman–Crippen LogP) is 7.98. The zero-order valence-electron chi connectivity index (χ0n) is 36.6. The van der Waals surface area contributed by atoms with E-state index >= 15 is 0 Å². The van der Waals surface area contributed by atoms with Crippen molar-refractivity contribution in [3.8, 4) is 16.9 Å². The van der Waals surface area contributed by atoms with Crippen molar-refractivity contribution in [2.45, 2.75) is 70.6 Å². The third-order valence-corrected chi connectivity index (χ3v) is 11.9. The number of piperidine rings is 1. The van der Waals surface area contributed by atoms with Crippen LogP contribution in [0.25, 0.3) is 22.0 Å². The first kappa shape index (κ1) is 45.3. The second-order valence-corrected chi connectivity index (χ2v) is 16.6. The van der Waals surface area contributed by atoms with Crippen molar-refractivity contribution in [3.63, 3.8) is 0 Å². The van der Waals surface area contributed by atoms with Gasteiger partial charge in [-0.1, -0.05) is 91.0 Å². The first-order valence-electron chi connectivity index (χ1n) is 22.2. The zero-order chi connectivity index (χ0) is 44.8. The lowest BCUT2D eigenvalue weighted by molar-refractivity contribution is -0.121. The molecular weight excluding hydrogens is 805 g/mol. The van der Waals surface area contributed by atoms with Gasteiger partial charge in [0.2, 0.25) is 17.4 Å². The molecule has 1 aromatic heterocycles. The zero-order valence-corrected chi connectivity index (χ0v) is 36.6. The number of aromatic hydroxyl groups is 1. The molecule has 5 aromatic carbocycles. The number of fused-ring (bicyclic) bond motifs is 1. The van der Waals surface area contributed by atoms with Crippen LogP contribution in [0.3, 0.4) is 0 Å². The van der Waals surface area contributed by atoms with Crippen LogP contribution in [0.2, 0.25) is 0 Å². The maximum absolute atomic E-state index is 13.2. The minimum absolute atomic E-state index is 0.0190. The van der Waals surface area contributed by atoms with Crippen LogP contribution in [0.5, 0.6) is 5.75 Å². The molecule has 1 fully saturated rings. The highest BCUT2D eigenvalue weighted by Crippen LogP contribution is 2.28. The second kappa shape index (κ2) is 22.0. The lowest BCUT2D eigenvalue weighted by Crippen LogP contribution is -2.40. The van der Waals surface area contributed by atoms with Crippen LogP contribution in [-0.2, 0) is 40.1 Å². The molecule has 1 atom stereocenters. The van der Waals surface area contributed by atoms with Gasteiger partial charge in [0.1, 0.15) is 11.9 Å². The summed E-state index contributed by atoms with van der Waals surface area (Å²) in [6.07, 6.45) is 3.75. The number of likely N-dealkylation sites (tertiary alicyclic amines) is 1. The van der Waals surface area contributed by atoms with Crippen molar-refractivity contribution >= 4 is 40.2 Å². The number of phenols is 1. The highest BCUT2D eigenvalue weighted by molar-refractivity contribution is 5.93. The van der Waals surface area contributed by atoms with Crippen LogP contribution in [0.1, 0.15) is 54.9 Å². The average molecular weight is 863 g/mol. The minimum atomic E-state index is -0.460. The lowest BCUT2D eigenvalue weighted by atomic mass is 10.0. The van der Waals surface area contributed by atoms with Crippen molar-refractivity contribution in [2.75, 3.05) is 43.4 Å². The highest BCUT2D eigenvalue weighted by Gasteiger charge is 2.24. The van der Waals surface area contributed by atoms with E-state index in [9.17, 15) is 24.3 Å². The molecule has 3 amide bonds. The number of nitrogens with zero attached hydrogens (tertiary/aromatic N) is 2. The van der Waals surface area contributed by atoms with E-state index < -0.39 is 6.09 Å². The van der Waals surface area contributed by atoms with Crippen LogP contribution < -0.4 is 26.4 Å². The van der Waals surface area contributed by atoms with Crippen LogP contribution in [-0.4, -0.2) is 78.3 Å². The first-order chi connectivity index (χ1) is 31.1. The number of anilines is 2. The number of aryl methyl sites for hydroxylation is 1. The van der Waals surface area contributed by atoms with E-state index in [0.29, 0.717) is 56.4 Å². The molecule has 0 aliphatic carbocycles. The van der Waals surface area contributed by atoms with Gasteiger partial charge in [-0.3, -0.25) is 19.7 Å². The number of benzene rings is 5. The van der Waals surface area contributed by atoms with Crippen LogP contribution in [0.4, 0.5) is 16.2 Å². The van der Waals surface area contributed by atoms with E-state index in [1.807, 2.05) is 91.0 Å². The Bertz CT molecular complexity index is 2570. The number of nitrogens with one attached hydrogen (secondary N) is 4. The number of rotatable bonds is 18. The molecule has 0 bridgehead atoms. The number of H-pyrrole nitrogens is 1. The van der Waals surface area contributed by atoms with Gasteiger partial charge in [0.05, 0.1) is 11.2 Å². The SMILES string of the molecule is CC(Cc1cccc(CCC(=O)NCc2ccc(N(C)C(=O)CCN3CCC(OC(=O)Nc4ccccc4-c4ccccc4)CC3)cc2)c1)NCCc1ccc(O)c2[nH]c(=O)ccc12. The Morgan fingerprint density at radius 3 is 2.38 bits per heavy atom. The summed E-state index contributed by atoms with van der Waals surface area (Å²) in [6.45, 7) is 5.42. The molecule has 2 heterocycles. The van der Waals surface area contributed by atoms with Gasteiger partial charge in [-0.25, -0.2) is 4.79 Å². The maximum Gasteiger partial charge on any atom is 0.411 e. The number of hydrogen-bond acceptors (Lipinski definition) is 8. The van der Waals surface area contributed by atoms with Crippen molar-refractivity contribution < 1.29 is 24.2 Å². The fourth-order valence-electron chi connectivity index (χ4n) is 8.26. The second-order valence-electron chi connectivity index (χ2n) is 16.6. The molecule has 7 rings (SSSR count). The maximum atomic E-state index is 13.2. The van der Waals surface area contributed by atoms with Gasteiger partial charge < -0.3 is 35.3 Å². The number of para-hydroxylation sites is 1. The van der Waals surface area contributed by atoms with Gasteiger partial charge in [0, 0.05) is 74.8 Å². The lowest BCUT2D eigenvalue weighted by Gasteiger charge is -2.31. The molecule has 6 aromatic rings. The third kappa shape index (κ3) is 12.7. The summed E-state index contributed by atoms with van der Waals surface area (Å²) in [6, 6.07) is 40.6. The Morgan fingerprint density at radius 1 is 0.828 bits per heavy atom. The Hall–Kier alpha value is -6.76. The number of amides is 3. The fourth-order valence-corrected chi connectivity index (χ4v) is 8.26. The monoisotopic (exact) mass is 862 g/mol. The molecule has 1 aliphatic rings. The van der Waals surface area contributed by atoms with Crippen molar-refractivity contribution in [1.29, 1.82) is 0 Å². The number of aromatic nitrogens is 1. The molecule has 1 aliphatic heterocycles. The number of hydrogen-bond donors (Lipinski definition) is 5. The number of carbonyl (C=O) groups excluding carboxylic acids is 3. The topological polar surface area (TPSA) is 156 Å². The molecule has 332 valence electrons. The normalized spacial score (nSPS) is 13.6. The fraction of sp³-hybridized carbons (Fsp3) is 0.308. The van der Waals surface area contributed by atoms with Crippen LogP contribution in [0, 0.1) is 0 Å². The van der Waals surface area contributed by atoms with E-state index in [0.717, 1.165) is 71.4 Å². The van der Waals surface area contributed by atoms with Crippen LogP contribution in [0.15, 0.2) is 132 Å². The summed E-state index contributed by atoms with van der Waals surface area (Å²) in [5.41, 5.74) is 7.99. The minimum Gasteiger partial charge on any atom is -0.506 e. The number of ether oxygens (including phenoxy) is 1. The van der Waals surface area contributed by atoms with Crippen molar-refractivity contribution in [1.82, 2.24) is 20.5 Å².